The van der Waals surface area contributed by atoms with E-state index in [1.165, 1.54) is 0 Å². The van der Waals surface area contributed by atoms with Gasteiger partial charge in [0.15, 0.2) is 5.78 Å². The molecule has 2 aromatic rings. The Morgan fingerprint density at radius 2 is 2.29 bits per heavy atom. The highest BCUT2D eigenvalue weighted by molar-refractivity contribution is 6.03. The smallest absolute Gasteiger partial charge is 0.264 e. The maximum Gasteiger partial charge on any atom is 0.264 e. The molecule has 0 unspecified atom stereocenters. The van der Waals surface area contributed by atoms with Crippen molar-refractivity contribution in [1.82, 2.24) is 9.55 Å². The van der Waals surface area contributed by atoms with Crippen LogP contribution in [0.25, 0.3) is 10.9 Å². The lowest BCUT2D eigenvalue weighted by molar-refractivity contribution is -0.132. The molecule has 108 valence electrons. The minimum Gasteiger partial charge on any atom is -0.398 e. The van der Waals surface area contributed by atoms with Crippen molar-refractivity contribution in [2.45, 2.75) is 32.1 Å². The molecule has 1 fully saturated rings. The third-order valence-electron chi connectivity index (χ3n) is 3.32. The molecule has 2 N–H and O–H groups in total. The average Bonchev–Trinajstić information content (AvgIpc) is 2.60. The van der Waals surface area contributed by atoms with Gasteiger partial charge in [0.1, 0.15) is 11.6 Å². The number of carbonyl (C=O) groups is 2. The zero-order chi connectivity index (χ0) is 21.2. The van der Waals surface area contributed by atoms with Crippen LogP contribution < -0.4 is 11.3 Å². The largest absolute Gasteiger partial charge is 0.398 e. The third-order valence-corrected chi connectivity index (χ3v) is 3.32. The number of aryl methyl sites for hydroxylation is 1. The maximum atomic E-state index is 13.2. The number of nitrogens with two attached hydrogens (primary N) is 1. The number of aromatic nitrogens is 2. The second kappa shape index (κ2) is 4.80. The number of hydrogen-bond acceptors (Lipinski definition) is 5. The van der Waals surface area contributed by atoms with Gasteiger partial charge in [0.2, 0.25) is 0 Å². The Balaban J connectivity index is 2.53. The number of fused-ring (bicyclic) bond motifs is 1. The Labute approximate surface area is 130 Å². The molecule has 21 heavy (non-hydrogen) atoms. The quantitative estimate of drug-likeness (QED) is 0.628. The first-order valence-electron chi connectivity index (χ1n) is 9.68. The number of Topliss-reactive ketones (excluding diaryl/α,β-unsaturated/α-hetero) is 2. The van der Waals surface area contributed by atoms with Crippen LogP contribution in [0.4, 0.5) is 5.69 Å². The lowest BCUT2D eigenvalue weighted by atomic mass is 9.92. The summed E-state index contributed by atoms with van der Waals surface area (Å²) in [6.45, 7) is -3.04. The molecule has 3 rings (SSSR count). The van der Waals surface area contributed by atoms with Crippen LogP contribution in [0.15, 0.2) is 22.9 Å². The topological polar surface area (TPSA) is 95.0 Å². The van der Waals surface area contributed by atoms with Crippen molar-refractivity contribution < 1.29 is 19.2 Å². The molecule has 1 aliphatic carbocycles. The van der Waals surface area contributed by atoms with Gasteiger partial charge in [0, 0.05) is 16.2 Å². The van der Waals surface area contributed by atoms with Crippen LogP contribution >= 0.6 is 0 Å². The molecule has 0 bridgehead atoms. The molecule has 6 nitrogen and oxygen atoms in total. The summed E-state index contributed by atoms with van der Waals surface area (Å²) in [5, 5.41) is -0.504. The number of carbonyl (C=O) groups excluding carboxylic acids is 2. The number of ketones is 2. The Bertz CT molecular complexity index is 1110. The van der Waals surface area contributed by atoms with Crippen LogP contribution in [0.5, 0.6) is 0 Å². The highest BCUT2D eigenvalue weighted by Crippen LogP contribution is 2.24. The van der Waals surface area contributed by atoms with E-state index in [4.69, 9.17) is 15.3 Å². The van der Waals surface area contributed by atoms with Crippen LogP contribution in [0, 0.1) is 6.85 Å². The summed E-state index contributed by atoms with van der Waals surface area (Å²) in [5.74, 6) is -2.29. The summed E-state index contributed by atoms with van der Waals surface area (Å²) in [5.41, 5.74) is 3.60. The zero-order valence-corrected chi connectivity index (χ0v) is 10.8. The number of rotatable bonds is 1. The monoisotopic (exact) mass is 292 g/mol. The summed E-state index contributed by atoms with van der Waals surface area (Å²) >= 11 is 0. The SMILES string of the molecule is [2H]c1c([2H])c(N)c2c(=O)n([C@]3([2H])CCC(=O)CC3=O)c(C([2H])([2H])[2H])nc2c1[2H]. The van der Waals surface area contributed by atoms with E-state index in [-0.39, 0.29) is 6.42 Å². The highest BCUT2D eigenvalue weighted by atomic mass is 16.2. The number of anilines is 1. The van der Waals surface area contributed by atoms with Gasteiger partial charge in [-0.25, -0.2) is 4.98 Å². The van der Waals surface area contributed by atoms with Gasteiger partial charge in [-0.2, -0.15) is 0 Å². The summed E-state index contributed by atoms with van der Waals surface area (Å²) in [7, 11) is 0. The lowest BCUT2D eigenvalue weighted by Crippen LogP contribution is -2.36. The molecule has 0 radical (unpaired) electrons. The van der Waals surface area contributed by atoms with Gasteiger partial charge in [0.25, 0.3) is 5.56 Å². The number of nitrogens with zero attached hydrogens (tertiary/aromatic N) is 2. The van der Waals surface area contributed by atoms with E-state index in [2.05, 4.69) is 4.98 Å². The minimum absolute atomic E-state index is 0.200. The third kappa shape index (κ3) is 2.12. The minimum atomic E-state index is -3.04. The molecular formula is C15H15N3O3. The van der Waals surface area contributed by atoms with E-state index in [1.54, 1.807) is 0 Å². The lowest BCUT2D eigenvalue weighted by Gasteiger charge is -2.24. The molecule has 0 saturated heterocycles. The predicted molar refractivity (Wildman–Crippen MR) is 78.1 cm³/mol. The van der Waals surface area contributed by atoms with Gasteiger partial charge >= 0.3 is 0 Å². The van der Waals surface area contributed by atoms with Crippen LogP contribution in [0.1, 0.15) is 40.7 Å². The summed E-state index contributed by atoms with van der Waals surface area (Å²) < 4.78 is 55.4. The maximum absolute atomic E-state index is 13.2. The van der Waals surface area contributed by atoms with E-state index in [0.29, 0.717) is 4.57 Å². The van der Waals surface area contributed by atoms with Crippen LogP contribution in [0.3, 0.4) is 0 Å². The van der Waals surface area contributed by atoms with Crippen molar-refractivity contribution in [3.63, 3.8) is 0 Å². The molecule has 6 heteroatoms. The fraction of sp³-hybridized carbons (Fsp3) is 0.333. The average molecular weight is 292 g/mol. The molecule has 1 aromatic heterocycles. The second-order valence-electron chi connectivity index (χ2n) is 4.67. The Morgan fingerprint density at radius 3 is 3.00 bits per heavy atom. The summed E-state index contributed by atoms with van der Waals surface area (Å²) in [6.07, 6.45) is -1.24. The first kappa shape index (κ1) is 7.49. The van der Waals surface area contributed by atoms with Crippen molar-refractivity contribution in [2.75, 3.05) is 5.73 Å². The molecule has 1 saturated carbocycles. The molecule has 0 spiro atoms. The van der Waals surface area contributed by atoms with Gasteiger partial charge in [-0.3, -0.25) is 19.0 Å². The van der Waals surface area contributed by atoms with E-state index in [9.17, 15) is 14.4 Å². The van der Waals surface area contributed by atoms with E-state index < -0.39 is 83.4 Å². The van der Waals surface area contributed by atoms with Crippen molar-refractivity contribution in [1.29, 1.82) is 0 Å². The summed E-state index contributed by atoms with van der Waals surface area (Å²) in [6, 6.07) is -4.29. The fourth-order valence-electron chi connectivity index (χ4n) is 2.33. The van der Waals surface area contributed by atoms with E-state index >= 15 is 0 Å². The highest BCUT2D eigenvalue weighted by Gasteiger charge is 2.30. The van der Waals surface area contributed by atoms with Gasteiger partial charge in [-0.05, 0) is 25.4 Å². The molecular weight excluding hydrogens is 270 g/mol. The Morgan fingerprint density at radius 1 is 1.48 bits per heavy atom. The van der Waals surface area contributed by atoms with Crippen molar-refractivity contribution in [3.05, 3.63) is 34.3 Å². The van der Waals surface area contributed by atoms with Crippen LogP contribution in [-0.4, -0.2) is 21.1 Å². The molecule has 1 aliphatic rings. The number of hydrogen-bond donors (Lipinski definition) is 1. The van der Waals surface area contributed by atoms with Crippen molar-refractivity contribution >= 4 is 28.2 Å². The summed E-state index contributed by atoms with van der Waals surface area (Å²) in [4.78, 5) is 41.0. The Hall–Kier alpha value is -2.50. The number of benzene rings is 1. The van der Waals surface area contributed by atoms with Crippen molar-refractivity contribution in [2.24, 2.45) is 0 Å². The standard InChI is InChI=1S/C15H15N3O3/c1-8-17-11-4-2-3-10(16)14(11)15(21)18(8)12-6-5-9(19)7-13(12)20/h2-4,12H,5-7,16H2,1H3/t12-/m1/s1/i1D3,2D,3D,4D,12D. The molecule has 0 aliphatic heterocycles. The number of nitrogen functional groups attached to an aromatic ring is 1. The first-order chi connectivity index (χ1) is 12.8. The zero-order valence-electron chi connectivity index (χ0n) is 17.8. The molecule has 1 heterocycles. The second-order valence-corrected chi connectivity index (χ2v) is 4.67. The van der Waals surface area contributed by atoms with Crippen molar-refractivity contribution in [3.8, 4) is 0 Å². The molecule has 0 amide bonds. The Kier molecular flexibility index (Phi) is 1.71. The van der Waals surface area contributed by atoms with Crippen LogP contribution in [0.2, 0.25) is 0 Å². The van der Waals surface area contributed by atoms with Gasteiger partial charge in [-0.1, -0.05) is 6.04 Å². The first-order valence-corrected chi connectivity index (χ1v) is 6.18. The normalized spacial score (nSPS) is 28.1. The van der Waals surface area contributed by atoms with E-state index in [1.807, 2.05) is 0 Å². The molecule has 1 aromatic carbocycles. The predicted octanol–water partition coefficient (Wildman–Crippen LogP) is 1.15. The van der Waals surface area contributed by atoms with Gasteiger partial charge < -0.3 is 5.73 Å². The van der Waals surface area contributed by atoms with Gasteiger partial charge in [0.05, 0.1) is 28.8 Å². The van der Waals surface area contributed by atoms with Crippen LogP contribution in [-0.2, 0) is 9.59 Å². The fourth-order valence-corrected chi connectivity index (χ4v) is 2.33. The molecule has 1 atom stereocenters. The van der Waals surface area contributed by atoms with Gasteiger partial charge in [-0.15, -0.1) is 0 Å². The van der Waals surface area contributed by atoms with E-state index in [0.717, 1.165) is 0 Å².